The van der Waals surface area contributed by atoms with Gasteiger partial charge in [0.25, 0.3) is 0 Å². The number of rotatable bonds is 15. The topological polar surface area (TPSA) is 56.1 Å². The molecule has 1 N–H and O–H groups in total. The van der Waals surface area contributed by atoms with Gasteiger partial charge < -0.3 is 10.2 Å². The largest absolute Gasteiger partial charge is 0.366 e. The fourth-order valence-electron chi connectivity index (χ4n) is 3.83. The summed E-state index contributed by atoms with van der Waals surface area (Å²) in [6.07, 6.45) is 12.5. The summed E-state index contributed by atoms with van der Waals surface area (Å²) in [7, 11) is 0. The lowest BCUT2D eigenvalue weighted by molar-refractivity contribution is -0.126. The van der Waals surface area contributed by atoms with Gasteiger partial charge in [0, 0.05) is 24.9 Å². The quantitative estimate of drug-likeness (QED) is 0.220. The molecule has 0 aliphatic heterocycles. The van der Waals surface area contributed by atoms with Crippen molar-refractivity contribution in [3.63, 3.8) is 0 Å². The first-order chi connectivity index (χ1) is 16.6. The van der Waals surface area contributed by atoms with Crippen LogP contribution in [0.2, 0.25) is 0 Å². The summed E-state index contributed by atoms with van der Waals surface area (Å²) in [6, 6.07) is 15.1. The fourth-order valence-corrected chi connectivity index (χ4v) is 3.83. The van der Waals surface area contributed by atoms with E-state index in [1.54, 1.807) is 18.2 Å². The molecular formula is C29H38FN3O. The lowest BCUT2D eigenvalue weighted by Gasteiger charge is -2.21. The van der Waals surface area contributed by atoms with Crippen LogP contribution in [-0.4, -0.2) is 23.9 Å². The Bertz CT molecular complexity index is 921. The highest BCUT2D eigenvalue weighted by Gasteiger charge is 2.13. The molecule has 0 fully saturated rings. The number of halogens is 1. The molecule has 1 unspecified atom stereocenters. The van der Waals surface area contributed by atoms with E-state index in [4.69, 9.17) is 0 Å². The first-order valence-corrected chi connectivity index (χ1v) is 12.6. The van der Waals surface area contributed by atoms with Gasteiger partial charge in [0.15, 0.2) is 0 Å². The second-order valence-corrected chi connectivity index (χ2v) is 8.63. The number of amides is 1. The minimum Gasteiger partial charge on any atom is -0.366 e. The summed E-state index contributed by atoms with van der Waals surface area (Å²) in [6.45, 7) is 5.95. The Morgan fingerprint density at radius 2 is 1.59 bits per heavy atom. The van der Waals surface area contributed by atoms with Gasteiger partial charge >= 0.3 is 0 Å². The molecule has 0 aromatic heterocycles. The van der Waals surface area contributed by atoms with Crippen molar-refractivity contribution in [1.82, 2.24) is 4.90 Å². The van der Waals surface area contributed by atoms with E-state index in [0.29, 0.717) is 5.56 Å². The summed E-state index contributed by atoms with van der Waals surface area (Å²) < 4.78 is 13.3. The summed E-state index contributed by atoms with van der Waals surface area (Å²) in [5.41, 5.74) is 2.26. The number of unbranched alkanes of at least 4 members (excludes halogenated alkanes) is 6. The molecule has 0 radical (unpaired) electrons. The number of hydrogen-bond acceptors (Lipinski definition) is 3. The molecule has 2 aromatic rings. The molecule has 2 rings (SSSR count). The maximum atomic E-state index is 13.3. The molecule has 1 atom stereocenters. The monoisotopic (exact) mass is 463 g/mol. The molecule has 0 aliphatic rings. The first-order valence-electron chi connectivity index (χ1n) is 12.6. The number of nitrogens with zero attached hydrogens (tertiary/aromatic N) is 2. The number of para-hydroxylation sites is 1. The van der Waals surface area contributed by atoms with E-state index in [-0.39, 0.29) is 11.7 Å². The van der Waals surface area contributed by atoms with Crippen molar-refractivity contribution in [2.75, 3.05) is 18.4 Å². The molecule has 0 heterocycles. The van der Waals surface area contributed by atoms with E-state index < -0.39 is 6.04 Å². The molecule has 34 heavy (non-hydrogen) atoms. The summed E-state index contributed by atoms with van der Waals surface area (Å²) in [5.74, 6) is -0.311. The summed E-state index contributed by atoms with van der Waals surface area (Å²) in [4.78, 5) is 15.0. The number of hydrogen-bond donors (Lipinski definition) is 1. The van der Waals surface area contributed by atoms with E-state index in [9.17, 15) is 14.4 Å². The summed E-state index contributed by atoms with van der Waals surface area (Å²) >= 11 is 0. The van der Waals surface area contributed by atoms with Crippen LogP contribution < -0.4 is 5.32 Å². The van der Waals surface area contributed by atoms with Crippen molar-refractivity contribution in [3.8, 4) is 6.07 Å². The van der Waals surface area contributed by atoms with Crippen LogP contribution in [0.25, 0.3) is 6.08 Å². The maximum absolute atomic E-state index is 13.3. The van der Waals surface area contributed by atoms with Gasteiger partial charge in [-0.05, 0) is 48.2 Å². The number of nitrogens with one attached hydrogen (secondary N) is 1. The summed E-state index contributed by atoms with van der Waals surface area (Å²) in [5, 5.41) is 12.9. The maximum Gasteiger partial charge on any atom is 0.246 e. The highest BCUT2D eigenvalue weighted by atomic mass is 19.1. The molecule has 4 nitrogen and oxygen atoms in total. The molecule has 0 spiro atoms. The molecule has 182 valence electrons. The minimum absolute atomic E-state index is 0.0261. The predicted octanol–water partition coefficient (Wildman–Crippen LogP) is 7.50. The number of carbonyl (C=O) groups is 1. The third-order valence-electron chi connectivity index (χ3n) is 5.87. The third-order valence-corrected chi connectivity index (χ3v) is 5.87. The fraction of sp³-hybridized carbons (Fsp3) is 0.448. The van der Waals surface area contributed by atoms with Gasteiger partial charge in [-0.25, -0.2) is 4.39 Å². The zero-order chi connectivity index (χ0) is 24.6. The lowest BCUT2D eigenvalue weighted by atomic mass is 10.1. The van der Waals surface area contributed by atoms with E-state index in [1.807, 2.05) is 35.2 Å². The second kappa shape index (κ2) is 15.7. The molecule has 1 amide bonds. The van der Waals surface area contributed by atoms with Crippen LogP contribution in [0.5, 0.6) is 0 Å². The Hall–Kier alpha value is -3.13. The standard InChI is InChI=1S/C29H38FN3O/c1-3-5-7-11-21-33(22-12-8-6-4-2)29(34)20-17-24-13-9-10-14-27(24)32-28(23-31)25-15-18-26(30)19-16-25/h9-10,13-20,28,32H,3-8,11-12,21-22H2,1-2H3/b20-17+. The van der Waals surface area contributed by atoms with Crippen LogP contribution in [0.4, 0.5) is 10.1 Å². The van der Waals surface area contributed by atoms with Crippen molar-refractivity contribution in [1.29, 1.82) is 5.26 Å². The SMILES string of the molecule is CCCCCCN(CCCCCC)C(=O)/C=C/c1ccccc1NC(C#N)c1ccc(F)cc1. The van der Waals surface area contributed by atoms with E-state index in [1.165, 1.54) is 37.8 Å². The number of anilines is 1. The van der Waals surface area contributed by atoms with Gasteiger partial charge in [0.2, 0.25) is 5.91 Å². The Balaban J connectivity index is 2.09. The average molecular weight is 464 g/mol. The van der Waals surface area contributed by atoms with Crippen LogP contribution in [0.3, 0.4) is 0 Å². The van der Waals surface area contributed by atoms with E-state index in [0.717, 1.165) is 50.0 Å². The highest BCUT2D eigenvalue weighted by Crippen LogP contribution is 2.24. The van der Waals surface area contributed by atoms with Gasteiger partial charge in [0.05, 0.1) is 6.07 Å². The highest BCUT2D eigenvalue weighted by molar-refractivity contribution is 5.92. The van der Waals surface area contributed by atoms with Crippen molar-refractivity contribution < 1.29 is 9.18 Å². The van der Waals surface area contributed by atoms with Gasteiger partial charge in [-0.3, -0.25) is 4.79 Å². The van der Waals surface area contributed by atoms with Crippen LogP contribution in [0, 0.1) is 17.1 Å². The van der Waals surface area contributed by atoms with Crippen molar-refractivity contribution in [3.05, 3.63) is 71.6 Å². The molecule has 2 aromatic carbocycles. The van der Waals surface area contributed by atoms with Gasteiger partial charge in [-0.1, -0.05) is 82.7 Å². The minimum atomic E-state index is -0.625. The first kappa shape index (κ1) is 27.1. The average Bonchev–Trinajstić information content (AvgIpc) is 2.86. The van der Waals surface area contributed by atoms with Gasteiger partial charge in [-0.2, -0.15) is 5.26 Å². The van der Waals surface area contributed by atoms with Crippen LogP contribution >= 0.6 is 0 Å². The van der Waals surface area contributed by atoms with E-state index >= 15 is 0 Å². The Kier molecular flexibility index (Phi) is 12.5. The lowest BCUT2D eigenvalue weighted by Crippen LogP contribution is -2.31. The van der Waals surface area contributed by atoms with Crippen molar-refractivity contribution >= 4 is 17.7 Å². The molecule has 0 saturated heterocycles. The van der Waals surface area contributed by atoms with Crippen LogP contribution in [0.15, 0.2) is 54.6 Å². The van der Waals surface area contributed by atoms with Crippen molar-refractivity contribution in [2.45, 2.75) is 71.3 Å². The van der Waals surface area contributed by atoms with Crippen LogP contribution in [-0.2, 0) is 4.79 Å². The number of carbonyl (C=O) groups excluding carboxylic acids is 1. The normalized spacial score (nSPS) is 11.8. The smallest absolute Gasteiger partial charge is 0.246 e. The molecule has 0 saturated carbocycles. The Labute approximate surface area is 204 Å². The zero-order valence-corrected chi connectivity index (χ0v) is 20.6. The number of nitriles is 1. The second-order valence-electron chi connectivity index (χ2n) is 8.63. The molecule has 5 heteroatoms. The van der Waals surface area contributed by atoms with Gasteiger partial charge in [0.1, 0.15) is 11.9 Å². The predicted molar refractivity (Wildman–Crippen MR) is 139 cm³/mol. The molecular weight excluding hydrogens is 425 g/mol. The van der Waals surface area contributed by atoms with E-state index in [2.05, 4.69) is 25.2 Å². The zero-order valence-electron chi connectivity index (χ0n) is 20.6. The Morgan fingerprint density at radius 3 is 2.18 bits per heavy atom. The van der Waals surface area contributed by atoms with Gasteiger partial charge in [-0.15, -0.1) is 0 Å². The van der Waals surface area contributed by atoms with Crippen LogP contribution in [0.1, 0.15) is 82.4 Å². The molecule has 0 aliphatic carbocycles. The number of benzene rings is 2. The van der Waals surface area contributed by atoms with Crippen molar-refractivity contribution in [2.24, 2.45) is 0 Å². The third kappa shape index (κ3) is 9.39. The Morgan fingerprint density at radius 1 is 0.971 bits per heavy atom. The molecule has 0 bridgehead atoms.